The van der Waals surface area contributed by atoms with E-state index in [0.29, 0.717) is 37.6 Å². The van der Waals surface area contributed by atoms with Crippen molar-refractivity contribution in [3.63, 3.8) is 0 Å². The molecule has 0 unspecified atom stereocenters. The second-order valence-corrected chi connectivity index (χ2v) is 7.88. The summed E-state index contributed by atoms with van der Waals surface area (Å²) in [4.78, 5) is 29.9. The molecular formula is C22H32N6O4. The molecule has 3 heterocycles. The molecule has 0 aromatic carbocycles. The highest BCUT2D eigenvalue weighted by molar-refractivity contribution is 5.61. The lowest BCUT2D eigenvalue weighted by atomic mass is 10.1. The van der Waals surface area contributed by atoms with Gasteiger partial charge in [-0.3, -0.25) is 0 Å². The van der Waals surface area contributed by atoms with Crippen LogP contribution in [0.2, 0.25) is 0 Å². The van der Waals surface area contributed by atoms with Crippen LogP contribution in [0.1, 0.15) is 45.7 Å². The van der Waals surface area contributed by atoms with Crippen LogP contribution in [0, 0.1) is 6.92 Å². The lowest BCUT2D eigenvalue weighted by molar-refractivity contribution is -0.151. The molecule has 1 fully saturated rings. The number of aryl methyl sites for hydroxylation is 1. The largest absolute Gasteiger partial charge is 0.528 e. The van der Waals surface area contributed by atoms with E-state index in [-0.39, 0.29) is 12.2 Å². The number of rotatable bonds is 9. The molecule has 32 heavy (non-hydrogen) atoms. The molecule has 0 spiro atoms. The van der Waals surface area contributed by atoms with E-state index in [0.717, 1.165) is 30.2 Å². The first-order valence-electron chi connectivity index (χ1n) is 11.0. The van der Waals surface area contributed by atoms with E-state index in [4.69, 9.17) is 14.3 Å². The van der Waals surface area contributed by atoms with Gasteiger partial charge in [0.25, 0.3) is 0 Å². The summed E-state index contributed by atoms with van der Waals surface area (Å²) < 4.78 is 11.0. The van der Waals surface area contributed by atoms with Crippen LogP contribution in [0.25, 0.3) is 0 Å². The first-order chi connectivity index (χ1) is 15.4. The lowest BCUT2D eigenvalue weighted by Crippen LogP contribution is -2.40. The highest BCUT2D eigenvalue weighted by Gasteiger charge is 2.24. The van der Waals surface area contributed by atoms with Crippen LogP contribution in [0.4, 0.5) is 22.1 Å². The monoisotopic (exact) mass is 444 g/mol. The number of nitrogens with one attached hydrogen (secondary N) is 2. The van der Waals surface area contributed by atoms with Gasteiger partial charge in [-0.2, -0.15) is 0 Å². The van der Waals surface area contributed by atoms with E-state index in [1.54, 1.807) is 25.0 Å². The van der Waals surface area contributed by atoms with Gasteiger partial charge in [0.05, 0.1) is 17.5 Å². The maximum Gasteiger partial charge on any atom is 0.528 e. The Labute approximate surface area is 188 Å². The number of aromatic nitrogens is 3. The van der Waals surface area contributed by atoms with Gasteiger partial charge in [0, 0.05) is 38.5 Å². The minimum Gasteiger partial charge on any atom is -0.474 e. The summed E-state index contributed by atoms with van der Waals surface area (Å²) >= 11 is 0. The molecule has 2 aromatic rings. The summed E-state index contributed by atoms with van der Waals surface area (Å²) in [6.07, 6.45) is 3.02. The van der Waals surface area contributed by atoms with Crippen LogP contribution >= 0.6 is 0 Å². The van der Waals surface area contributed by atoms with Crippen LogP contribution in [-0.4, -0.2) is 58.0 Å². The molecule has 0 radical (unpaired) electrons. The summed E-state index contributed by atoms with van der Waals surface area (Å²) in [6.45, 7) is 9.65. The van der Waals surface area contributed by atoms with Gasteiger partial charge >= 0.3 is 6.16 Å². The Morgan fingerprint density at radius 1 is 1.22 bits per heavy atom. The van der Waals surface area contributed by atoms with Crippen molar-refractivity contribution < 1.29 is 19.1 Å². The molecule has 0 amide bonds. The van der Waals surface area contributed by atoms with Gasteiger partial charge in [-0.1, -0.05) is 6.92 Å². The van der Waals surface area contributed by atoms with Crippen molar-refractivity contribution in [3.05, 3.63) is 30.2 Å². The number of hydrogen-bond donors (Lipinski definition) is 2. The van der Waals surface area contributed by atoms with E-state index in [1.807, 2.05) is 19.1 Å². The standard InChI is InChI=1S/C22H32N6O4/c1-5-10-23-19-7-6-18(16(4)26-19)27-20-13-21(25-14-24-20)31-17-8-11-28(12-9-17)32-22(29)30-15(2)3/h6-7,13-15,17H,5,8-12H2,1-4H3,(H,23,26)(H,24,25,27). The summed E-state index contributed by atoms with van der Waals surface area (Å²) in [5.74, 6) is 1.98. The molecule has 0 bridgehead atoms. The SMILES string of the molecule is CCCNc1ccc(Nc2cc(OC3CCN(OC(=O)OC(C)C)CC3)ncn2)c(C)n1. The molecule has 0 saturated carbocycles. The number of hydroxylamine groups is 2. The molecular weight excluding hydrogens is 412 g/mol. The quantitative estimate of drug-likeness (QED) is 0.549. The summed E-state index contributed by atoms with van der Waals surface area (Å²) in [5.41, 5.74) is 1.74. The molecule has 3 rings (SSSR count). The number of carbonyl (C=O) groups is 1. The molecule has 10 heteroatoms. The predicted molar refractivity (Wildman–Crippen MR) is 121 cm³/mol. The molecule has 1 aliphatic heterocycles. The van der Waals surface area contributed by atoms with Crippen molar-refractivity contribution in [2.24, 2.45) is 0 Å². The topological polar surface area (TPSA) is 111 Å². The number of ether oxygens (including phenoxy) is 2. The minimum absolute atomic E-state index is 0.0222. The zero-order chi connectivity index (χ0) is 22.9. The molecule has 0 atom stereocenters. The third-order valence-electron chi connectivity index (χ3n) is 4.77. The van der Waals surface area contributed by atoms with Crippen molar-refractivity contribution in [1.82, 2.24) is 20.0 Å². The van der Waals surface area contributed by atoms with E-state index in [9.17, 15) is 4.79 Å². The molecule has 2 aromatic heterocycles. The number of piperidine rings is 1. The fourth-order valence-corrected chi connectivity index (χ4v) is 3.19. The van der Waals surface area contributed by atoms with Gasteiger partial charge in [-0.25, -0.2) is 19.7 Å². The Hall–Kier alpha value is -3.14. The third-order valence-corrected chi connectivity index (χ3v) is 4.77. The van der Waals surface area contributed by atoms with E-state index < -0.39 is 6.16 Å². The van der Waals surface area contributed by atoms with Crippen molar-refractivity contribution in [1.29, 1.82) is 0 Å². The van der Waals surface area contributed by atoms with Crippen LogP contribution in [0.3, 0.4) is 0 Å². The Balaban J connectivity index is 1.51. The Morgan fingerprint density at radius 3 is 2.69 bits per heavy atom. The maximum absolute atomic E-state index is 11.6. The number of nitrogens with zero attached hydrogens (tertiary/aromatic N) is 4. The number of carbonyl (C=O) groups excluding carboxylic acids is 1. The lowest BCUT2D eigenvalue weighted by Gasteiger charge is -2.30. The van der Waals surface area contributed by atoms with Gasteiger partial charge in [-0.05, 0) is 39.3 Å². The molecule has 2 N–H and O–H groups in total. The van der Waals surface area contributed by atoms with Crippen molar-refractivity contribution in [2.45, 2.75) is 59.2 Å². The van der Waals surface area contributed by atoms with Crippen LogP contribution in [0.15, 0.2) is 24.5 Å². The normalized spacial score (nSPS) is 14.8. The summed E-state index contributed by atoms with van der Waals surface area (Å²) in [5, 5.41) is 8.16. The van der Waals surface area contributed by atoms with Crippen LogP contribution < -0.4 is 15.4 Å². The van der Waals surface area contributed by atoms with Crippen LogP contribution in [-0.2, 0) is 9.57 Å². The second kappa shape index (κ2) is 11.5. The predicted octanol–water partition coefficient (Wildman–Crippen LogP) is 4.07. The zero-order valence-electron chi connectivity index (χ0n) is 19.1. The van der Waals surface area contributed by atoms with Gasteiger partial charge < -0.3 is 24.9 Å². The average molecular weight is 445 g/mol. The Morgan fingerprint density at radius 2 is 2.00 bits per heavy atom. The average Bonchev–Trinajstić information content (AvgIpc) is 2.75. The maximum atomic E-state index is 11.6. The smallest absolute Gasteiger partial charge is 0.474 e. The molecule has 0 aliphatic carbocycles. The number of anilines is 3. The first kappa shape index (κ1) is 23.5. The summed E-state index contributed by atoms with van der Waals surface area (Å²) in [6, 6.07) is 5.69. The highest BCUT2D eigenvalue weighted by Crippen LogP contribution is 2.23. The van der Waals surface area contributed by atoms with E-state index >= 15 is 0 Å². The summed E-state index contributed by atoms with van der Waals surface area (Å²) in [7, 11) is 0. The van der Waals surface area contributed by atoms with E-state index in [1.165, 1.54) is 6.33 Å². The Bertz CT molecular complexity index is 886. The van der Waals surface area contributed by atoms with Crippen molar-refractivity contribution >= 4 is 23.5 Å². The van der Waals surface area contributed by atoms with Gasteiger partial charge in [0.2, 0.25) is 5.88 Å². The minimum atomic E-state index is -0.676. The molecule has 1 saturated heterocycles. The third kappa shape index (κ3) is 7.23. The van der Waals surface area contributed by atoms with Crippen molar-refractivity contribution in [3.8, 4) is 5.88 Å². The van der Waals surface area contributed by atoms with Gasteiger partial charge in [-0.15, -0.1) is 5.06 Å². The highest BCUT2D eigenvalue weighted by atomic mass is 16.8. The van der Waals surface area contributed by atoms with Gasteiger partial charge in [0.15, 0.2) is 0 Å². The molecule has 1 aliphatic rings. The fraction of sp³-hybridized carbons (Fsp3) is 0.545. The van der Waals surface area contributed by atoms with Crippen molar-refractivity contribution in [2.75, 3.05) is 30.3 Å². The first-order valence-corrected chi connectivity index (χ1v) is 11.0. The number of hydrogen-bond acceptors (Lipinski definition) is 10. The van der Waals surface area contributed by atoms with E-state index in [2.05, 4.69) is 32.5 Å². The second-order valence-electron chi connectivity index (χ2n) is 7.88. The molecule has 174 valence electrons. The zero-order valence-corrected chi connectivity index (χ0v) is 19.1. The molecule has 10 nitrogen and oxygen atoms in total. The van der Waals surface area contributed by atoms with Gasteiger partial charge in [0.1, 0.15) is 24.1 Å². The fourth-order valence-electron chi connectivity index (χ4n) is 3.19. The van der Waals surface area contributed by atoms with Crippen LogP contribution in [0.5, 0.6) is 5.88 Å². The Kier molecular flexibility index (Phi) is 8.43. The number of pyridine rings is 1.